The zero-order chi connectivity index (χ0) is 22.0. The second kappa shape index (κ2) is 8.19. The lowest BCUT2D eigenvalue weighted by atomic mass is 10.1. The summed E-state index contributed by atoms with van der Waals surface area (Å²) in [6.45, 7) is 0.353. The van der Waals surface area contributed by atoms with Crippen LogP contribution >= 0.6 is 0 Å². The molecular formula is C22H21N5O3S. The number of pyridine rings is 1. The number of carbonyl (C=O) groups is 1. The molecule has 0 fully saturated rings. The first kappa shape index (κ1) is 20.5. The molecule has 2 heterocycles. The van der Waals surface area contributed by atoms with E-state index in [4.69, 9.17) is 0 Å². The third kappa shape index (κ3) is 4.26. The van der Waals surface area contributed by atoms with Gasteiger partial charge in [-0.1, -0.05) is 18.2 Å². The third-order valence-corrected chi connectivity index (χ3v) is 6.11. The lowest BCUT2D eigenvalue weighted by molar-refractivity contribution is 0.0951. The standard InChI is InChI=1S/C22H21N5O3S/c1-27(2)21-16(6-5-13-23-21)14-24-22(28)15-9-11-17(12-10-15)25-20-18-7-3-4-8-19(18)31(29,30)26-20/h3-13H,14H2,1-2H3,(H,24,28)(H,25,26). The number of nitrogens with one attached hydrogen (secondary N) is 2. The fourth-order valence-corrected chi connectivity index (χ4v) is 4.46. The molecule has 158 valence electrons. The Balaban J connectivity index is 1.44. The monoisotopic (exact) mass is 435 g/mol. The topological polar surface area (TPSA) is 104 Å². The normalized spacial score (nSPS) is 13.8. The lowest BCUT2D eigenvalue weighted by Gasteiger charge is -2.16. The number of aromatic nitrogens is 1. The molecule has 0 saturated carbocycles. The third-order valence-electron chi connectivity index (χ3n) is 4.77. The maximum atomic E-state index is 12.5. The van der Waals surface area contributed by atoms with E-state index in [1.54, 1.807) is 48.7 Å². The van der Waals surface area contributed by atoms with Crippen molar-refractivity contribution in [2.24, 2.45) is 4.40 Å². The Morgan fingerprint density at radius 1 is 1.00 bits per heavy atom. The van der Waals surface area contributed by atoms with Crippen LogP contribution in [0.5, 0.6) is 0 Å². The molecule has 0 radical (unpaired) electrons. The highest BCUT2D eigenvalue weighted by Gasteiger charge is 2.28. The number of fused-ring (bicyclic) bond motifs is 1. The van der Waals surface area contributed by atoms with E-state index in [1.165, 1.54) is 6.07 Å². The van der Waals surface area contributed by atoms with Crippen LogP contribution in [0.4, 0.5) is 11.5 Å². The van der Waals surface area contributed by atoms with Crippen LogP contribution in [0.3, 0.4) is 0 Å². The summed E-state index contributed by atoms with van der Waals surface area (Å²) in [5.41, 5.74) is 2.56. The highest BCUT2D eigenvalue weighted by atomic mass is 32.2. The fraction of sp³-hybridized carbons (Fsp3) is 0.136. The Hall–Kier alpha value is -3.72. The largest absolute Gasteiger partial charge is 0.362 e. The van der Waals surface area contributed by atoms with E-state index in [-0.39, 0.29) is 16.6 Å². The summed E-state index contributed by atoms with van der Waals surface area (Å²) in [5.74, 6) is 0.849. The molecule has 2 aromatic carbocycles. The van der Waals surface area contributed by atoms with Gasteiger partial charge in [-0.05, 0) is 42.5 Å². The van der Waals surface area contributed by atoms with Crippen molar-refractivity contribution < 1.29 is 13.2 Å². The predicted octanol–water partition coefficient (Wildman–Crippen LogP) is 2.64. The minimum atomic E-state index is -3.69. The van der Waals surface area contributed by atoms with E-state index in [0.29, 0.717) is 23.4 Å². The lowest BCUT2D eigenvalue weighted by Crippen LogP contribution is -2.24. The highest BCUT2D eigenvalue weighted by molar-refractivity contribution is 7.90. The molecule has 8 nitrogen and oxygen atoms in total. The minimum Gasteiger partial charge on any atom is -0.362 e. The molecule has 31 heavy (non-hydrogen) atoms. The molecule has 0 bridgehead atoms. The van der Waals surface area contributed by atoms with Crippen molar-refractivity contribution in [3.63, 3.8) is 0 Å². The van der Waals surface area contributed by atoms with Gasteiger partial charge in [0.05, 0.1) is 0 Å². The van der Waals surface area contributed by atoms with Crippen molar-refractivity contribution in [1.82, 2.24) is 10.3 Å². The number of sulfonamides is 1. The average Bonchev–Trinajstić information content (AvgIpc) is 3.03. The number of hydrogen-bond donors (Lipinski definition) is 2. The number of amides is 1. The zero-order valence-electron chi connectivity index (χ0n) is 17.0. The van der Waals surface area contributed by atoms with Gasteiger partial charge in [-0.25, -0.2) is 4.98 Å². The molecule has 0 unspecified atom stereocenters. The maximum Gasteiger partial charge on any atom is 0.285 e. The molecule has 0 atom stereocenters. The van der Waals surface area contributed by atoms with Crippen molar-refractivity contribution in [3.8, 4) is 0 Å². The number of amidine groups is 1. The summed E-state index contributed by atoms with van der Waals surface area (Å²) >= 11 is 0. The van der Waals surface area contributed by atoms with Gasteiger partial charge in [0.25, 0.3) is 15.9 Å². The molecule has 1 aromatic heterocycles. The van der Waals surface area contributed by atoms with Crippen molar-refractivity contribution in [2.75, 3.05) is 24.3 Å². The molecule has 0 saturated heterocycles. The second-order valence-corrected chi connectivity index (χ2v) is 8.75. The molecule has 3 aromatic rings. The summed E-state index contributed by atoms with van der Waals surface area (Å²) in [6.07, 6.45) is 1.71. The number of benzene rings is 2. The van der Waals surface area contributed by atoms with Gasteiger partial charge in [0, 0.05) is 49.2 Å². The Bertz CT molecular complexity index is 1270. The summed E-state index contributed by atoms with van der Waals surface area (Å²) in [6, 6.07) is 17.2. The molecule has 0 aliphatic carbocycles. The number of carbonyl (C=O) groups excluding carboxylic acids is 1. The average molecular weight is 436 g/mol. The molecule has 4 rings (SSSR count). The smallest absolute Gasteiger partial charge is 0.285 e. The van der Waals surface area contributed by atoms with Crippen molar-refractivity contribution >= 4 is 33.3 Å². The Morgan fingerprint density at radius 3 is 2.48 bits per heavy atom. The van der Waals surface area contributed by atoms with Gasteiger partial charge >= 0.3 is 0 Å². The Morgan fingerprint density at radius 2 is 1.74 bits per heavy atom. The number of rotatable bonds is 5. The fourth-order valence-electron chi connectivity index (χ4n) is 3.29. The van der Waals surface area contributed by atoms with Gasteiger partial charge in [0.15, 0.2) is 5.84 Å². The van der Waals surface area contributed by atoms with Crippen LogP contribution in [0.1, 0.15) is 21.5 Å². The first-order valence-electron chi connectivity index (χ1n) is 9.56. The quantitative estimate of drug-likeness (QED) is 0.639. The van der Waals surface area contributed by atoms with Crippen molar-refractivity contribution in [2.45, 2.75) is 11.4 Å². The molecule has 1 aliphatic heterocycles. The van der Waals surface area contributed by atoms with Crippen LogP contribution in [-0.2, 0) is 16.6 Å². The number of nitrogens with zero attached hydrogens (tertiary/aromatic N) is 3. The van der Waals surface area contributed by atoms with Crippen LogP contribution in [-0.4, -0.2) is 39.2 Å². The zero-order valence-corrected chi connectivity index (χ0v) is 17.8. The van der Waals surface area contributed by atoms with Gasteiger partial charge in [-0.3, -0.25) is 4.79 Å². The van der Waals surface area contributed by atoms with E-state index in [0.717, 1.165) is 11.4 Å². The van der Waals surface area contributed by atoms with Crippen molar-refractivity contribution in [3.05, 3.63) is 83.6 Å². The van der Waals surface area contributed by atoms with Crippen LogP contribution in [0.2, 0.25) is 0 Å². The number of hydrogen-bond acceptors (Lipinski definition) is 6. The minimum absolute atomic E-state index is 0.181. The van der Waals surface area contributed by atoms with Crippen LogP contribution < -0.4 is 15.5 Å². The predicted molar refractivity (Wildman–Crippen MR) is 120 cm³/mol. The first-order valence-corrected chi connectivity index (χ1v) is 11.0. The highest BCUT2D eigenvalue weighted by Crippen LogP contribution is 2.26. The van der Waals surface area contributed by atoms with Gasteiger partial charge in [-0.15, -0.1) is 4.40 Å². The van der Waals surface area contributed by atoms with E-state index in [9.17, 15) is 13.2 Å². The Kier molecular flexibility index (Phi) is 5.43. The summed E-state index contributed by atoms with van der Waals surface area (Å²) in [4.78, 5) is 18.9. The van der Waals surface area contributed by atoms with E-state index >= 15 is 0 Å². The van der Waals surface area contributed by atoms with E-state index < -0.39 is 10.0 Å². The van der Waals surface area contributed by atoms with Gasteiger partial charge in [-0.2, -0.15) is 8.42 Å². The summed E-state index contributed by atoms with van der Waals surface area (Å²) < 4.78 is 28.1. The van der Waals surface area contributed by atoms with Crippen LogP contribution in [0.25, 0.3) is 0 Å². The summed E-state index contributed by atoms with van der Waals surface area (Å²) in [5, 5.41) is 5.92. The molecular weight excluding hydrogens is 414 g/mol. The van der Waals surface area contributed by atoms with Crippen LogP contribution in [0.15, 0.2) is 76.2 Å². The molecule has 1 amide bonds. The summed E-state index contributed by atoms with van der Waals surface area (Å²) in [7, 11) is 0.114. The Labute approximate surface area is 180 Å². The maximum absolute atomic E-state index is 12.5. The number of anilines is 2. The first-order chi connectivity index (χ1) is 14.8. The molecule has 1 aliphatic rings. The van der Waals surface area contributed by atoms with E-state index in [2.05, 4.69) is 20.0 Å². The van der Waals surface area contributed by atoms with Crippen molar-refractivity contribution in [1.29, 1.82) is 0 Å². The molecule has 9 heteroatoms. The van der Waals surface area contributed by atoms with Crippen LogP contribution in [0, 0.1) is 0 Å². The van der Waals surface area contributed by atoms with Gasteiger partial charge < -0.3 is 15.5 Å². The molecule has 2 N–H and O–H groups in total. The van der Waals surface area contributed by atoms with E-state index in [1.807, 2.05) is 31.1 Å². The second-order valence-electron chi connectivity index (χ2n) is 7.18. The van der Waals surface area contributed by atoms with Gasteiger partial charge in [0.2, 0.25) is 0 Å². The SMILES string of the molecule is CN(C)c1ncccc1CNC(=O)c1ccc(NC2=NS(=O)(=O)c3ccccc32)cc1. The van der Waals surface area contributed by atoms with Gasteiger partial charge in [0.1, 0.15) is 10.7 Å². The molecule has 0 spiro atoms.